The van der Waals surface area contributed by atoms with Gasteiger partial charge in [-0.15, -0.1) is 0 Å². The Bertz CT molecular complexity index is 548. The molecule has 0 aliphatic carbocycles. The Balaban J connectivity index is 2.30. The van der Waals surface area contributed by atoms with Crippen LogP contribution in [0.5, 0.6) is 5.75 Å². The van der Waals surface area contributed by atoms with Crippen molar-refractivity contribution in [3.8, 4) is 5.75 Å². The van der Waals surface area contributed by atoms with Crippen LogP contribution in [0.25, 0.3) is 0 Å². The molecule has 0 atom stereocenters. The maximum Gasteiger partial charge on any atom is 0.369 e. The van der Waals surface area contributed by atoms with Crippen molar-refractivity contribution in [2.24, 2.45) is 0 Å². The van der Waals surface area contributed by atoms with Crippen LogP contribution in [-0.4, -0.2) is 49.5 Å². The molecule has 0 saturated heterocycles. The minimum Gasteiger partial charge on any atom is -0.494 e. The summed E-state index contributed by atoms with van der Waals surface area (Å²) in [4.78, 5) is 35.8. The second-order valence-electron chi connectivity index (χ2n) is 4.88. The first-order valence-electron chi connectivity index (χ1n) is 6.80. The molecule has 0 aromatic heterocycles. The van der Waals surface area contributed by atoms with Crippen LogP contribution in [0.1, 0.15) is 12.8 Å². The van der Waals surface area contributed by atoms with E-state index in [1.165, 1.54) is 0 Å². The number of benzene rings is 1. The highest BCUT2D eigenvalue weighted by atomic mass is 31.2. The van der Waals surface area contributed by atoms with Crippen molar-refractivity contribution < 1.29 is 38.5 Å². The third-order valence-electron chi connectivity index (χ3n) is 3.08. The number of ether oxygens (including phenoxy) is 1. The lowest BCUT2D eigenvalue weighted by molar-refractivity contribution is 0.123. The van der Waals surface area contributed by atoms with Crippen molar-refractivity contribution in [1.82, 2.24) is 5.32 Å². The first-order valence-corrected chi connectivity index (χ1v) is 10.0. The minimum absolute atomic E-state index is 0.169. The van der Waals surface area contributed by atoms with Crippen molar-refractivity contribution in [2.45, 2.75) is 17.9 Å². The number of aliphatic hydroxyl groups is 1. The zero-order valence-electron chi connectivity index (χ0n) is 12.3. The zero-order valence-corrected chi connectivity index (χ0v) is 14.1. The fourth-order valence-electron chi connectivity index (χ4n) is 1.75. The smallest absolute Gasteiger partial charge is 0.369 e. The summed E-state index contributed by atoms with van der Waals surface area (Å²) in [6, 6.07) is 9.12. The first kappa shape index (κ1) is 20.3. The molecular formula is C12H21NO8P2. The second-order valence-corrected chi connectivity index (χ2v) is 8.89. The van der Waals surface area contributed by atoms with Gasteiger partial charge in [0.25, 0.3) is 5.08 Å². The molecule has 0 fully saturated rings. The molecule has 0 heterocycles. The summed E-state index contributed by atoms with van der Waals surface area (Å²) in [7, 11) is -10.8. The largest absolute Gasteiger partial charge is 0.494 e. The van der Waals surface area contributed by atoms with E-state index in [1.54, 1.807) is 12.1 Å². The van der Waals surface area contributed by atoms with Gasteiger partial charge >= 0.3 is 15.2 Å². The molecule has 0 spiro atoms. The topological polar surface area (TPSA) is 157 Å². The van der Waals surface area contributed by atoms with Crippen LogP contribution in [0.15, 0.2) is 30.3 Å². The van der Waals surface area contributed by atoms with Crippen molar-refractivity contribution in [3.63, 3.8) is 0 Å². The van der Waals surface area contributed by atoms with Crippen LogP contribution in [0, 0.1) is 0 Å². The lowest BCUT2D eigenvalue weighted by Crippen LogP contribution is -2.33. The van der Waals surface area contributed by atoms with E-state index in [-0.39, 0.29) is 6.54 Å². The number of nitrogens with one attached hydrogen (secondary N) is 1. The van der Waals surface area contributed by atoms with Gasteiger partial charge in [0.1, 0.15) is 5.75 Å². The third-order valence-corrected chi connectivity index (χ3v) is 6.96. The predicted octanol–water partition coefficient (Wildman–Crippen LogP) is 0.437. The number of hydrogen-bond donors (Lipinski definition) is 6. The molecule has 0 aliphatic heterocycles. The van der Waals surface area contributed by atoms with Gasteiger partial charge in [-0.2, -0.15) is 0 Å². The van der Waals surface area contributed by atoms with Crippen molar-refractivity contribution in [2.75, 3.05) is 19.7 Å². The average molecular weight is 369 g/mol. The maximum atomic E-state index is 11.1. The molecule has 0 saturated carbocycles. The standard InChI is InChI=1S/C12H21NO8P2/c14-12(22(15,16)17,23(18,19)20)7-9-13-8-4-10-21-11-5-2-1-3-6-11/h1-3,5-6,13-14H,4,7-10H2,(H2,15,16,17)(H2,18,19,20). The van der Waals surface area contributed by atoms with Gasteiger partial charge in [-0.3, -0.25) is 9.13 Å². The van der Waals surface area contributed by atoms with E-state index in [4.69, 9.17) is 24.3 Å². The highest BCUT2D eigenvalue weighted by Crippen LogP contribution is 2.68. The van der Waals surface area contributed by atoms with Gasteiger partial charge in [0.05, 0.1) is 6.61 Å². The van der Waals surface area contributed by atoms with E-state index in [9.17, 15) is 14.2 Å². The maximum absolute atomic E-state index is 11.1. The first-order chi connectivity index (χ1) is 10.6. The summed E-state index contributed by atoms with van der Waals surface area (Å²) >= 11 is 0. The highest BCUT2D eigenvalue weighted by molar-refractivity contribution is 7.72. The average Bonchev–Trinajstić information content (AvgIpc) is 2.44. The molecule has 1 rings (SSSR count). The Morgan fingerprint density at radius 2 is 1.57 bits per heavy atom. The second kappa shape index (κ2) is 8.37. The molecule has 0 unspecified atom stereocenters. The van der Waals surface area contributed by atoms with Gasteiger partial charge in [0.2, 0.25) is 0 Å². The Hall–Kier alpha value is -0.760. The van der Waals surface area contributed by atoms with Crippen molar-refractivity contribution in [3.05, 3.63) is 30.3 Å². The fourth-order valence-corrected chi connectivity index (χ4v) is 3.91. The number of rotatable bonds is 10. The summed E-state index contributed by atoms with van der Waals surface area (Å²) in [5.41, 5.74) is 0. The van der Waals surface area contributed by atoms with E-state index < -0.39 is 26.7 Å². The minimum atomic E-state index is -5.38. The summed E-state index contributed by atoms with van der Waals surface area (Å²) in [6.07, 6.45) is -0.208. The Kier molecular flexibility index (Phi) is 7.38. The lowest BCUT2D eigenvalue weighted by Gasteiger charge is -2.29. The third kappa shape index (κ3) is 5.99. The van der Waals surface area contributed by atoms with E-state index in [0.29, 0.717) is 25.3 Å². The molecule has 0 radical (unpaired) electrons. The predicted molar refractivity (Wildman–Crippen MR) is 83.1 cm³/mol. The van der Waals surface area contributed by atoms with Gasteiger partial charge in [0.15, 0.2) is 0 Å². The Labute approximate surface area is 133 Å². The van der Waals surface area contributed by atoms with Gasteiger partial charge in [-0.1, -0.05) is 18.2 Å². The van der Waals surface area contributed by atoms with Crippen molar-refractivity contribution in [1.29, 1.82) is 0 Å². The molecule has 9 nitrogen and oxygen atoms in total. The molecule has 1 aromatic rings. The summed E-state index contributed by atoms with van der Waals surface area (Å²) in [5, 5.41) is 9.02. The highest BCUT2D eigenvalue weighted by Gasteiger charge is 2.58. The van der Waals surface area contributed by atoms with Crippen LogP contribution in [-0.2, 0) is 9.13 Å². The van der Waals surface area contributed by atoms with E-state index >= 15 is 0 Å². The summed E-state index contributed by atoms with van der Waals surface area (Å²) < 4.78 is 27.7. The number of hydrogen-bond acceptors (Lipinski definition) is 5. The van der Waals surface area contributed by atoms with E-state index in [0.717, 1.165) is 0 Å². The zero-order chi connectivity index (χ0) is 17.6. The number of para-hydroxylation sites is 1. The molecular weight excluding hydrogens is 348 g/mol. The molecule has 11 heteroatoms. The summed E-state index contributed by atoms with van der Waals surface area (Å²) in [5.74, 6) is 0.713. The lowest BCUT2D eigenvalue weighted by atomic mass is 10.3. The fraction of sp³-hybridized carbons (Fsp3) is 0.500. The normalized spacial score (nSPS) is 13.1. The van der Waals surface area contributed by atoms with E-state index in [2.05, 4.69) is 5.32 Å². The summed E-state index contributed by atoms with van der Waals surface area (Å²) in [6.45, 7) is 0.627. The molecule has 132 valence electrons. The van der Waals surface area contributed by atoms with Crippen LogP contribution >= 0.6 is 15.2 Å². The monoisotopic (exact) mass is 369 g/mol. The Morgan fingerprint density at radius 3 is 2.09 bits per heavy atom. The van der Waals surface area contributed by atoms with Gasteiger partial charge in [-0.05, 0) is 31.6 Å². The molecule has 23 heavy (non-hydrogen) atoms. The van der Waals surface area contributed by atoms with Crippen LogP contribution in [0.2, 0.25) is 0 Å². The molecule has 0 bridgehead atoms. The van der Waals surface area contributed by atoms with Crippen molar-refractivity contribution >= 4 is 15.2 Å². The van der Waals surface area contributed by atoms with E-state index in [1.807, 2.05) is 18.2 Å². The quantitative estimate of drug-likeness (QED) is 0.254. The SMILES string of the molecule is O=P(O)(O)C(O)(CCNCCCOc1ccccc1)P(=O)(O)O. The van der Waals surface area contributed by atoms with Crippen LogP contribution < -0.4 is 10.1 Å². The Morgan fingerprint density at radius 1 is 1.00 bits per heavy atom. The van der Waals surface area contributed by atoms with Gasteiger partial charge < -0.3 is 34.7 Å². The van der Waals surface area contributed by atoms with Gasteiger partial charge in [0, 0.05) is 6.42 Å². The molecule has 6 N–H and O–H groups in total. The molecule has 0 aliphatic rings. The molecule has 1 aromatic carbocycles. The van der Waals surface area contributed by atoms with Crippen LogP contribution in [0.4, 0.5) is 0 Å². The van der Waals surface area contributed by atoms with Crippen LogP contribution in [0.3, 0.4) is 0 Å². The molecule has 0 amide bonds. The van der Waals surface area contributed by atoms with Gasteiger partial charge in [-0.25, -0.2) is 0 Å².